The van der Waals surface area contributed by atoms with Crippen LogP contribution in [0.3, 0.4) is 0 Å². The Bertz CT molecular complexity index is 1380. The van der Waals surface area contributed by atoms with Gasteiger partial charge in [0.15, 0.2) is 5.75 Å². The largest absolute Gasteiger partial charge is 0.505 e. The van der Waals surface area contributed by atoms with Gasteiger partial charge in [-0.25, -0.2) is 0 Å². The van der Waals surface area contributed by atoms with Crippen LogP contribution in [0.4, 0.5) is 17.4 Å². The lowest BCUT2D eigenvalue weighted by molar-refractivity contribution is 0.102. The number of benzene rings is 3. The molecule has 0 atom stereocenters. The Balaban J connectivity index is 1.74. The molecule has 0 spiro atoms. The maximum atomic E-state index is 13.1. The number of aromatic nitrogens is 1. The molecule has 0 aliphatic heterocycles. The number of hydrogen-bond acceptors (Lipinski definition) is 8. The third-order valence-corrected chi connectivity index (χ3v) is 4.75. The zero-order valence-corrected chi connectivity index (χ0v) is 16.9. The minimum absolute atomic E-state index is 0.0222. The van der Waals surface area contributed by atoms with Gasteiger partial charge in [-0.15, -0.1) is 5.11 Å². The second-order valence-electron chi connectivity index (χ2n) is 6.87. The van der Waals surface area contributed by atoms with Gasteiger partial charge in [0.05, 0.1) is 17.9 Å². The fourth-order valence-corrected chi connectivity index (χ4v) is 3.14. The number of aryl methyl sites for hydroxylation is 1. The van der Waals surface area contributed by atoms with Gasteiger partial charge in [0, 0.05) is 5.69 Å². The van der Waals surface area contributed by atoms with Gasteiger partial charge in [0.1, 0.15) is 11.8 Å². The lowest BCUT2D eigenvalue weighted by atomic mass is 10.0. The van der Waals surface area contributed by atoms with Gasteiger partial charge >= 0.3 is 6.01 Å². The van der Waals surface area contributed by atoms with Crippen LogP contribution in [0.15, 0.2) is 69.2 Å². The van der Waals surface area contributed by atoms with Crippen LogP contribution in [-0.2, 0) is 6.61 Å². The van der Waals surface area contributed by atoms with E-state index in [9.17, 15) is 15.0 Å². The molecule has 0 unspecified atom stereocenters. The molecule has 158 valence electrons. The zero-order valence-electron chi connectivity index (χ0n) is 16.9. The molecule has 0 aliphatic carbocycles. The van der Waals surface area contributed by atoms with E-state index in [1.807, 2.05) is 6.07 Å². The van der Waals surface area contributed by atoms with Gasteiger partial charge in [-0.05, 0) is 41.5 Å². The van der Waals surface area contributed by atoms with Crippen molar-refractivity contribution in [1.82, 2.24) is 4.98 Å². The first kappa shape index (κ1) is 20.7. The molecule has 0 radical (unpaired) electrons. The van der Waals surface area contributed by atoms with E-state index in [1.165, 1.54) is 0 Å². The third-order valence-electron chi connectivity index (χ3n) is 4.75. The predicted molar refractivity (Wildman–Crippen MR) is 116 cm³/mol. The summed E-state index contributed by atoms with van der Waals surface area (Å²) in [4.78, 5) is 17.0. The number of nitrogens with zero attached hydrogens (tertiary/aromatic N) is 4. The van der Waals surface area contributed by atoms with Crippen LogP contribution in [0.2, 0.25) is 0 Å². The van der Waals surface area contributed by atoms with Gasteiger partial charge in [-0.3, -0.25) is 4.79 Å². The highest BCUT2D eigenvalue weighted by Crippen LogP contribution is 2.38. The minimum atomic E-state index is -0.536. The number of rotatable bonds is 5. The second kappa shape index (κ2) is 8.67. The number of aliphatic hydroxyl groups excluding tert-OH is 1. The summed E-state index contributed by atoms with van der Waals surface area (Å²) in [6.45, 7) is 1.50. The second-order valence-corrected chi connectivity index (χ2v) is 6.87. The van der Waals surface area contributed by atoms with Gasteiger partial charge in [0.25, 0.3) is 5.91 Å². The summed E-state index contributed by atoms with van der Waals surface area (Å²) in [6, 6.07) is 17.0. The zero-order chi connectivity index (χ0) is 22.7. The summed E-state index contributed by atoms with van der Waals surface area (Å²) >= 11 is 0. The summed E-state index contributed by atoms with van der Waals surface area (Å²) in [5, 5.41) is 40.8. The van der Waals surface area contributed by atoms with Crippen molar-refractivity contribution in [3.63, 3.8) is 0 Å². The number of carbonyl (C=O) groups excluding carboxylic acids is 1. The number of phenols is 1. The number of hydrogen-bond donors (Lipinski definition) is 3. The molecule has 9 nitrogen and oxygen atoms in total. The highest BCUT2D eigenvalue weighted by atomic mass is 16.4. The highest BCUT2D eigenvalue weighted by molar-refractivity contribution is 6.16. The van der Waals surface area contributed by atoms with Crippen molar-refractivity contribution >= 4 is 34.1 Å². The van der Waals surface area contributed by atoms with Crippen LogP contribution in [0.1, 0.15) is 27.4 Å². The van der Waals surface area contributed by atoms with E-state index in [0.717, 1.165) is 0 Å². The van der Waals surface area contributed by atoms with Crippen molar-refractivity contribution in [2.75, 3.05) is 5.32 Å². The summed E-state index contributed by atoms with van der Waals surface area (Å²) in [5.41, 5.74) is 1.65. The van der Waals surface area contributed by atoms with Gasteiger partial charge in [-0.1, -0.05) is 41.5 Å². The van der Waals surface area contributed by atoms with Crippen LogP contribution in [0.25, 0.3) is 10.8 Å². The molecular weight excluding hydrogens is 410 g/mol. The van der Waals surface area contributed by atoms with Gasteiger partial charge in [0.2, 0.25) is 5.76 Å². The molecule has 3 N–H and O–H groups in total. The van der Waals surface area contributed by atoms with E-state index in [1.54, 1.807) is 61.5 Å². The summed E-state index contributed by atoms with van der Waals surface area (Å²) in [7, 11) is 0. The van der Waals surface area contributed by atoms with E-state index < -0.39 is 5.91 Å². The highest BCUT2D eigenvalue weighted by Gasteiger charge is 2.20. The van der Waals surface area contributed by atoms with Crippen molar-refractivity contribution < 1.29 is 19.4 Å². The molecule has 9 heteroatoms. The van der Waals surface area contributed by atoms with Crippen LogP contribution >= 0.6 is 0 Å². The smallest absolute Gasteiger partial charge is 0.342 e. The lowest BCUT2D eigenvalue weighted by Crippen LogP contribution is -2.12. The van der Waals surface area contributed by atoms with Crippen LogP contribution in [0, 0.1) is 18.3 Å². The van der Waals surface area contributed by atoms with E-state index in [-0.39, 0.29) is 35.4 Å². The summed E-state index contributed by atoms with van der Waals surface area (Å²) in [5.74, 6) is -0.874. The van der Waals surface area contributed by atoms with Crippen molar-refractivity contribution in [2.24, 2.45) is 10.2 Å². The molecule has 1 heterocycles. The number of aliphatic hydroxyl groups is 1. The number of nitrogens with one attached hydrogen (secondary N) is 1. The fourth-order valence-electron chi connectivity index (χ4n) is 3.14. The Hall–Kier alpha value is -4.55. The first-order valence-electron chi connectivity index (χ1n) is 9.55. The van der Waals surface area contributed by atoms with Crippen molar-refractivity contribution in [3.8, 4) is 11.8 Å². The Morgan fingerprint density at radius 3 is 2.62 bits per heavy atom. The molecule has 3 aromatic carbocycles. The first-order chi connectivity index (χ1) is 15.5. The molecule has 4 rings (SSSR count). The summed E-state index contributed by atoms with van der Waals surface area (Å²) in [6.07, 6.45) is 0. The monoisotopic (exact) mass is 427 g/mol. The number of carbonyl (C=O) groups is 1. The molecule has 0 fully saturated rings. The Kier molecular flexibility index (Phi) is 5.61. The number of azo groups is 1. The molecule has 1 amide bonds. The molecule has 0 bridgehead atoms. The third kappa shape index (κ3) is 4.03. The van der Waals surface area contributed by atoms with Gasteiger partial charge < -0.3 is 19.9 Å². The average molecular weight is 427 g/mol. The van der Waals surface area contributed by atoms with Gasteiger partial charge in [-0.2, -0.15) is 10.2 Å². The normalized spacial score (nSPS) is 11.0. The number of oxazole rings is 1. The molecule has 0 aliphatic rings. The first-order valence-corrected chi connectivity index (χ1v) is 9.55. The molecule has 1 aromatic heterocycles. The molecule has 0 saturated heterocycles. The van der Waals surface area contributed by atoms with Crippen LogP contribution in [0.5, 0.6) is 5.75 Å². The molecule has 4 aromatic rings. The fraction of sp³-hybridized carbons (Fsp3) is 0.0870. The Morgan fingerprint density at radius 2 is 1.94 bits per heavy atom. The van der Waals surface area contributed by atoms with Crippen molar-refractivity contribution in [2.45, 2.75) is 13.5 Å². The number of anilines is 1. The lowest BCUT2D eigenvalue weighted by Gasteiger charge is -2.12. The SMILES string of the molecule is Cc1nc(N=Nc2cc3ccccc3c(C(=O)Nc3ccc(CO)cc3)c2O)oc1C#N. The Morgan fingerprint density at radius 1 is 1.19 bits per heavy atom. The maximum Gasteiger partial charge on any atom is 0.342 e. The van der Waals surface area contributed by atoms with E-state index in [0.29, 0.717) is 27.7 Å². The predicted octanol–water partition coefficient (Wildman–Crippen LogP) is 4.87. The topological polar surface area (TPSA) is 144 Å². The van der Waals surface area contributed by atoms with Crippen molar-refractivity contribution in [3.05, 3.63) is 77.2 Å². The Labute approximate surface area is 182 Å². The number of nitriles is 1. The molecule has 32 heavy (non-hydrogen) atoms. The molecular formula is C23H17N5O4. The standard InChI is InChI=1S/C23H17N5O4/c1-13-19(11-24)32-23(25-13)28-27-18-10-15-4-2-3-5-17(15)20(21(18)30)22(31)26-16-8-6-14(12-29)7-9-16/h2-10,29-30H,12H2,1H3,(H,26,31). The minimum Gasteiger partial charge on any atom is -0.505 e. The quantitative estimate of drug-likeness (QED) is 0.387. The molecule has 0 saturated carbocycles. The van der Waals surface area contributed by atoms with Crippen LogP contribution < -0.4 is 5.32 Å². The number of amides is 1. The van der Waals surface area contributed by atoms with Crippen LogP contribution in [-0.4, -0.2) is 21.1 Å². The number of phenolic OH excluding ortho intramolecular Hbond substituents is 1. The number of fused-ring (bicyclic) bond motifs is 1. The van der Waals surface area contributed by atoms with E-state index in [4.69, 9.17) is 9.68 Å². The van der Waals surface area contributed by atoms with Crippen molar-refractivity contribution in [1.29, 1.82) is 5.26 Å². The van der Waals surface area contributed by atoms with E-state index in [2.05, 4.69) is 20.5 Å². The maximum absolute atomic E-state index is 13.1. The van der Waals surface area contributed by atoms with E-state index >= 15 is 0 Å². The average Bonchev–Trinajstić information content (AvgIpc) is 3.17. The number of aromatic hydroxyl groups is 1. The summed E-state index contributed by atoms with van der Waals surface area (Å²) < 4.78 is 5.18.